The highest BCUT2D eigenvalue weighted by Gasteiger charge is 2.13. The second kappa shape index (κ2) is 5.66. The van der Waals surface area contributed by atoms with Crippen molar-refractivity contribution >= 4 is 34.8 Å². The minimum absolute atomic E-state index is 0.183. The zero-order valence-corrected chi connectivity index (χ0v) is 12.0. The first-order chi connectivity index (χ1) is 9.02. The number of nitrogens with zero attached hydrogens (tertiary/aromatic N) is 2. The quantitative estimate of drug-likeness (QED) is 0.732. The maximum atomic E-state index is 9.10. The van der Waals surface area contributed by atoms with Gasteiger partial charge in [-0.25, -0.2) is 4.98 Å². The predicted molar refractivity (Wildman–Crippen MR) is 75.2 cm³/mol. The van der Waals surface area contributed by atoms with Gasteiger partial charge in [-0.3, -0.25) is 0 Å². The summed E-state index contributed by atoms with van der Waals surface area (Å²) in [6.45, 7) is 1.80. The number of hydrogen-bond acceptors (Lipinski definition) is 3. The van der Waals surface area contributed by atoms with Gasteiger partial charge in [0.1, 0.15) is 17.4 Å². The summed E-state index contributed by atoms with van der Waals surface area (Å²) < 4.78 is 5.54. The smallest absolute Gasteiger partial charge is 0.237 e. The fraction of sp³-hybridized carbons (Fsp3) is 0.0769. The molecule has 0 bridgehead atoms. The topological polar surface area (TPSA) is 45.9 Å². The van der Waals surface area contributed by atoms with Crippen LogP contribution in [0.2, 0.25) is 15.1 Å². The molecule has 1 heterocycles. The Morgan fingerprint density at radius 1 is 1.16 bits per heavy atom. The Balaban J connectivity index is 2.45. The minimum atomic E-state index is 0.183. The molecule has 0 spiro atoms. The van der Waals surface area contributed by atoms with Crippen molar-refractivity contribution in [1.29, 1.82) is 5.26 Å². The van der Waals surface area contributed by atoms with Gasteiger partial charge < -0.3 is 4.74 Å². The molecule has 3 nitrogen and oxygen atoms in total. The molecular formula is C13H7Cl3N2O. The van der Waals surface area contributed by atoms with Crippen LogP contribution in [0, 0.1) is 18.3 Å². The van der Waals surface area contributed by atoms with Gasteiger partial charge in [-0.05, 0) is 24.6 Å². The lowest BCUT2D eigenvalue weighted by Crippen LogP contribution is -1.94. The summed E-state index contributed by atoms with van der Waals surface area (Å²) in [7, 11) is 0. The lowest BCUT2D eigenvalue weighted by molar-refractivity contribution is 0.461. The molecule has 0 saturated heterocycles. The van der Waals surface area contributed by atoms with E-state index in [1.54, 1.807) is 19.2 Å². The van der Waals surface area contributed by atoms with E-state index < -0.39 is 0 Å². The fourth-order valence-corrected chi connectivity index (χ4v) is 2.01. The Morgan fingerprint density at radius 2 is 1.84 bits per heavy atom. The third kappa shape index (κ3) is 2.93. The second-order valence-corrected chi connectivity index (χ2v) is 4.94. The van der Waals surface area contributed by atoms with Crippen molar-refractivity contribution in [3.63, 3.8) is 0 Å². The lowest BCUT2D eigenvalue weighted by Gasteiger charge is -2.10. The maximum Gasteiger partial charge on any atom is 0.237 e. The molecule has 6 heteroatoms. The molecule has 0 aliphatic carbocycles. The van der Waals surface area contributed by atoms with Crippen molar-refractivity contribution in [2.24, 2.45) is 0 Å². The third-order valence-corrected chi connectivity index (χ3v) is 3.44. The number of nitriles is 1. The largest absolute Gasteiger partial charge is 0.436 e. The first-order valence-electron chi connectivity index (χ1n) is 5.21. The lowest BCUT2D eigenvalue weighted by atomic mass is 10.2. The van der Waals surface area contributed by atoms with Crippen LogP contribution < -0.4 is 4.74 Å². The monoisotopic (exact) mass is 312 g/mol. The highest BCUT2D eigenvalue weighted by molar-refractivity contribution is 6.43. The molecule has 0 aliphatic heterocycles. The molecule has 0 fully saturated rings. The van der Waals surface area contributed by atoms with Crippen molar-refractivity contribution in [3.05, 3.63) is 50.6 Å². The molecule has 19 heavy (non-hydrogen) atoms. The summed E-state index contributed by atoms with van der Waals surface area (Å²) in [5.74, 6) is 0.480. The van der Waals surface area contributed by atoms with Gasteiger partial charge in [-0.1, -0.05) is 34.8 Å². The van der Waals surface area contributed by atoms with Crippen LogP contribution in [0.4, 0.5) is 0 Å². The zero-order valence-electron chi connectivity index (χ0n) is 9.75. The van der Waals surface area contributed by atoms with Crippen LogP contribution in [0.5, 0.6) is 11.6 Å². The highest BCUT2D eigenvalue weighted by atomic mass is 35.5. The van der Waals surface area contributed by atoms with Crippen LogP contribution in [0.3, 0.4) is 0 Å². The number of rotatable bonds is 2. The average Bonchev–Trinajstić information content (AvgIpc) is 2.36. The van der Waals surface area contributed by atoms with Crippen molar-refractivity contribution in [2.45, 2.75) is 6.92 Å². The molecule has 0 amide bonds. The normalized spacial score (nSPS) is 10.1. The number of aromatic nitrogens is 1. The van der Waals surface area contributed by atoms with Crippen LogP contribution in [0.1, 0.15) is 11.1 Å². The molecule has 0 radical (unpaired) electrons. The summed E-state index contributed by atoms with van der Waals surface area (Å²) in [5.41, 5.74) is 1.12. The number of hydrogen-bond donors (Lipinski definition) is 0. The minimum Gasteiger partial charge on any atom is -0.436 e. The summed E-state index contributed by atoms with van der Waals surface area (Å²) >= 11 is 17.7. The van der Waals surface area contributed by atoms with Gasteiger partial charge in [0.15, 0.2) is 0 Å². The van der Waals surface area contributed by atoms with E-state index in [9.17, 15) is 0 Å². The summed E-state index contributed by atoms with van der Waals surface area (Å²) in [6, 6.07) is 6.72. The van der Waals surface area contributed by atoms with Gasteiger partial charge in [0.05, 0.1) is 15.1 Å². The standard InChI is InChI=1S/C13H7Cl3N2O/c1-7-2-3-18-13(8(7)6-17)19-12-5-10(15)9(14)4-11(12)16/h2-5H,1H3. The predicted octanol–water partition coefficient (Wildman–Crippen LogP) is 5.01. The molecule has 1 aromatic heterocycles. The molecule has 2 aromatic rings. The van der Waals surface area contributed by atoms with E-state index in [4.69, 9.17) is 44.8 Å². The summed E-state index contributed by atoms with van der Waals surface area (Å²) in [4.78, 5) is 4.02. The van der Waals surface area contributed by atoms with Gasteiger partial charge in [0, 0.05) is 12.3 Å². The number of benzene rings is 1. The van der Waals surface area contributed by atoms with Crippen LogP contribution in [0.15, 0.2) is 24.4 Å². The van der Waals surface area contributed by atoms with Crippen LogP contribution in [0.25, 0.3) is 0 Å². The Bertz CT molecular complexity index is 680. The van der Waals surface area contributed by atoms with E-state index in [1.807, 2.05) is 6.07 Å². The van der Waals surface area contributed by atoms with Crippen LogP contribution >= 0.6 is 34.8 Å². The van der Waals surface area contributed by atoms with E-state index in [0.29, 0.717) is 26.4 Å². The number of ether oxygens (including phenoxy) is 1. The first-order valence-corrected chi connectivity index (χ1v) is 6.34. The van der Waals surface area contributed by atoms with E-state index in [2.05, 4.69) is 4.98 Å². The molecule has 0 aliphatic rings. The molecule has 0 saturated carbocycles. The molecule has 96 valence electrons. The highest BCUT2D eigenvalue weighted by Crippen LogP contribution is 2.36. The molecule has 2 rings (SSSR count). The SMILES string of the molecule is Cc1ccnc(Oc2cc(Cl)c(Cl)cc2Cl)c1C#N. The fourth-order valence-electron chi connectivity index (χ4n) is 1.43. The van der Waals surface area contributed by atoms with E-state index >= 15 is 0 Å². The average molecular weight is 314 g/mol. The second-order valence-electron chi connectivity index (χ2n) is 3.72. The number of pyridine rings is 1. The molecular weight excluding hydrogens is 307 g/mol. The van der Waals surface area contributed by atoms with Crippen molar-refractivity contribution < 1.29 is 4.74 Å². The van der Waals surface area contributed by atoms with Crippen LogP contribution in [-0.4, -0.2) is 4.98 Å². The zero-order chi connectivity index (χ0) is 14.0. The molecule has 0 unspecified atom stereocenters. The summed E-state index contributed by atoms with van der Waals surface area (Å²) in [6.07, 6.45) is 1.55. The Morgan fingerprint density at radius 3 is 2.53 bits per heavy atom. The number of halogens is 3. The van der Waals surface area contributed by atoms with Crippen molar-refractivity contribution in [1.82, 2.24) is 4.98 Å². The molecule has 0 N–H and O–H groups in total. The van der Waals surface area contributed by atoms with E-state index in [1.165, 1.54) is 12.1 Å². The van der Waals surface area contributed by atoms with Crippen molar-refractivity contribution in [2.75, 3.05) is 0 Å². The molecule has 1 aromatic carbocycles. The Hall–Kier alpha value is -1.47. The number of aryl methyl sites for hydroxylation is 1. The first kappa shape index (κ1) is 14.0. The van der Waals surface area contributed by atoms with Gasteiger partial charge in [-0.2, -0.15) is 5.26 Å². The van der Waals surface area contributed by atoms with Crippen LogP contribution in [-0.2, 0) is 0 Å². The van der Waals surface area contributed by atoms with Crippen molar-refractivity contribution in [3.8, 4) is 17.7 Å². The molecule has 0 atom stereocenters. The Kier molecular flexibility index (Phi) is 4.16. The van der Waals surface area contributed by atoms with Gasteiger partial charge in [0.25, 0.3) is 0 Å². The third-order valence-electron chi connectivity index (χ3n) is 2.42. The maximum absolute atomic E-state index is 9.10. The van der Waals surface area contributed by atoms with Gasteiger partial charge in [-0.15, -0.1) is 0 Å². The van der Waals surface area contributed by atoms with Gasteiger partial charge in [0.2, 0.25) is 5.88 Å². The van der Waals surface area contributed by atoms with E-state index in [0.717, 1.165) is 5.56 Å². The Labute approximate surface area is 125 Å². The van der Waals surface area contributed by atoms with E-state index in [-0.39, 0.29) is 5.88 Å². The summed E-state index contributed by atoms with van der Waals surface area (Å²) in [5, 5.41) is 10.0. The van der Waals surface area contributed by atoms with Gasteiger partial charge >= 0.3 is 0 Å².